The van der Waals surface area contributed by atoms with Crippen molar-refractivity contribution in [1.82, 2.24) is 9.80 Å². The first kappa shape index (κ1) is 50.5. The van der Waals surface area contributed by atoms with Crippen LogP contribution in [0.5, 0.6) is 0 Å². The van der Waals surface area contributed by atoms with E-state index in [0.29, 0.717) is 61.3 Å². The van der Waals surface area contributed by atoms with E-state index in [9.17, 15) is 19.2 Å². The van der Waals surface area contributed by atoms with Crippen molar-refractivity contribution in [2.45, 2.75) is 182 Å². The number of hydrogen-bond donors (Lipinski definition) is 0. The van der Waals surface area contributed by atoms with Gasteiger partial charge in [0.05, 0.1) is 10.6 Å². The summed E-state index contributed by atoms with van der Waals surface area (Å²) in [6, 6.07) is 10.6. The molecule has 2 aromatic rings. The van der Waals surface area contributed by atoms with Crippen LogP contribution in [0.4, 0.5) is 11.4 Å². The maximum atomic E-state index is 13.7. The average molecular weight is 892 g/mol. The highest BCUT2D eigenvalue weighted by Gasteiger charge is 2.41. The van der Waals surface area contributed by atoms with Crippen LogP contribution in [0.3, 0.4) is 0 Å². The fraction of sp³-hybridized carbons (Fsp3) is 0.692. The van der Waals surface area contributed by atoms with Crippen LogP contribution in [0, 0.1) is 10.8 Å². The number of ether oxygens (including phenoxy) is 2. The summed E-state index contributed by atoms with van der Waals surface area (Å²) in [5.74, 6) is 0.337. The number of methoxy groups -OCH3 is 2. The van der Waals surface area contributed by atoms with E-state index in [-0.39, 0.29) is 41.8 Å². The summed E-state index contributed by atoms with van der Waals surface area (Å²) in [7, 11) is 3.40. The molecule has 0 atom stereocenters. The molecule has 0 spiro atoms. The minimum Gasteiger partial charge on any atom is -0.385 e. The molecule has 10 nitrogen and oxygen atoms in total. The van der Waals surface area contributed by atoms with Crippen LogP contribution in [0.2, 0.25) is 5.02 Å². The monoisotopic (exact) mass is 891 g/mol. The number of unbranched alkanes of at least 4 members (excludes halogenated alkanes) is 2. The molecular formula is C52H79ClN4O6. The van der Waals surface area contributed by atoms with E-state index in [1.807, 2.05) is 66.7 Å². The highest BCUT2D eigenvalue weighted by Crippen LogP contribution is 2.42. The van der Waals surface area contributed by atoms with Crippen molar-refractivity contribution in [2.75, 3.05) is 50.3 Å². The molecule has 0 saturated heterocycles. The molecular weight excluding hydrogens is 812 g/mol. The van der Waals surface area contributed by atoms with Gasteiger partial charge in [-0.05, 0) is 127 Å². The SMILES string of the molecule is COCCCCN1C(=O)C(C)(C)Cc2cc(Cl)c(C(=O)N(C(C)C)C3CCCCC3)cc21.COCCCCN1C(=O)C(C)(C)Cc2ccc(C(=O)N(C(C)C)C3CCCCC3)cc21. The van der Waals surface area contributed by atoms with Gasteiger partial charge >= 0.3 is 0 Å². The van der Waals surface area contributed by atoms with Gasteiger partial charge in [0.15, 0.2) is 0 Å². The Morgan fingerprint density at radius 3 is 1.56 bits per heavy atom. The summed E-state index contributed by atoms with van der Waals surface area (Å²) in [5.41, 5.74) is 4.25. The summed E-state index contributed by atoms with van der Waals surface area (Å²) >= 11 is 6.70. The van der Waals surface area contributed by atoms with Crippen LogP contribution in [-0.4, -0.2) is 98.1 Å². The van der Waals surface area contributed by atoms with Gasteiger partial charge in [0.2, 0.25) is 11.8 Å². The molecule has 4 aliphatic rings. The summed E-state index contributed by atoms with van der Waals surface area (Å²) in [6.45, 7) is 19.0. The van der Waals surface area contributed by atoms with E-state index >= 15 is 0 Å². The van der Waals surface area contributed by atoms with Crippen molar-refractivity contribution in [3.63, 3.8) is 0 Å². The zero-order valence-electron chi connectivity index (χ0n) is 40.5. The molecule has 2 heterocycles. The first-order valence-corrected chi connectivity index (χ1v) is 24.5. The van der Waals surface area contributed by atoms with E-state index in [0.717, 1.165) is 86.7 Å². The summed E-state index contributed by atoms with van der Waals surface area (Å²) in [5, 5.41) is 0.486. The second-order valence-corrected chi connectivity index (χ2v) is 20.8. The number of hydrogen-bond acceptors (Lipinski definition) is 6. The summed E-state index contributed by atoms with van der Waals surface area (Å²) < 4.78 is 10.3. The molecule has 2 aromatic carbocycles. The molecule has 0 radical (unpaired) electrons. The Bertz CT molecular complexity index is 1880. The highest BCUT2D eigenvalue weighted by atomic mass is 35.5. The van der Waals surface area contributed by atoms with Crippen molar-refractivity contribution in [3.05, 3.63) is 57.6 Å². The molecule has 0 aromatic heterocycles. The number of amides is 4. The van der Waals surface area contributed by atoms with Crippen LogP contribution in [0.1, 0.15) is 177 Å². The van der Waals surface area contributed by atoms with Crippen LogP contribution < -0.4 is 9.80 Å². The second kappa shape index (κ2) is 22.6. The maximum Gasteiger partial charge on any atom is 0.255 e. The minimum atomic E-state index is -0.491. The van der Waals surface area contributed by atoms with Gasteiger partial charge in [-0.1, -0.05) is 83.9 Å². The lowest BCUT2D eigenvalue weighted by atomic mass is 9.79. The van der Waals surface area contributed by atoms with E-state index in [4.69, 9.17) is 21.1 Å². The Labute approximate surface area is 384 Å². The van der Waals surface area contributed by atoms with Crippen LogP contribution >= 0.6 is 11.6 Å². The van der Waals surface area contributed by atoms with E-state index in [1.165, 1.54) is 25.7 Å². The van der Waals surface area contributed by atoms with Crippen molar-refractivity contribution in [3.8, 4) is 0 Å². The van der Waals surface area contributed by atoms with E-state index in [2.05, 4.69) is 38.7 Å². The zero-order valence-corrected chi connectivity index (χ0v) is 41.2. The number of carbonyl (C=O) groups excluding carboxylic acids is 4. The number of nitrogens with zero attached hydrogens (tertiary/aromatic N) is 4. The Morgan fingerprint density at radius 2 is 1.10 bits per heavy atom. The third kappa shape index (κ3) is 12.3. The fourth-order valence-corrected chi connectivity index (χ4v) is 10.7. The second-order valence-electron chi connectivity index (χ2n) is 20.4. The average Bonchev–Trinajstić information content (AvgIpc) is 3.24. The smallest absolute Gasteiger partial charge is 0.255 e. The van der Waals surface area contributed by atoms with Crippen molar-refractivity contribution in [2.24, 2.45) is 10.8 Å². The van der Waals surface area contributed by atoms with Crippen molar-refractivity contribution < 1.29 is 28.7 Å². The molecule has 11 heteroatoms. The Kier molecular flexibility index (Phi) is 18.1. The maximum absolute atomic E-state index is 13.7. The van der Waals surface area contributed by atoms with Gasteiger partial charge in [0.25, 0.3) is 11.8 Å². The largest absolute Gasteiger partial charge is 0.385 e. The predicted molar refractivity (Wildman–Crippen MR) is 256 cm³/mol. The number of benzene rings is 2. The van der Waals surface area contributed by atoms with Gasteiger partial charge < -0.3 is 29.1 Å². The lowest BCUT2D eigenvalue weighted by Gasteiger charge is -2.40. The summed E-state index contributed by atoms with van der Waals surface area (Å²) in [6.07, 6.45) is 16.4. The zero-order chi connectivity index (χ0) is 46.1. The Morgan fingerprint density at radius 1 is 0.651 bits per heavy atom. The first-order valence-electron chi connectivity index (χ1n) is 24.2. The molecule has 0 N–H and O–H groups in total. The molecule has 2 aliphatic carbocycles. The molecule has 6 rings (SSSR count). The number of rotatable bonds is 16. The molecule has 2 aliphatic heterocycles. The Balaban J connectivity index is 0.000000238. The van der Waals surface area contributed by atoms with Crippen LogP contribution in [-0.2, 0) is 31.9 Å². The standard InChI is InChI=1S/C26H39ClN2O3.C26H40N2O3/c1-18(2)29(20-11-7-6-8-12-20)24(30)21-16-23-19(15-22(21)27)17-26(3,4)25(31)28(23)13-9-10-14-32-5;1-19(2)28(22-11-7-6-8-12-22)24(29)20-13-14-21-18-26(3,4)25(30)27(23(21)17-20)15-9-10-16-31-5/h15-16,18,20H,6-14,17H2,1-5H3;13-14,17,19,22H,6-12,15-16,18H2,1-5H3. The predicted octanol–water partition coefficient (Wildman–Crippen LogP) is 11.1. The van der Waals surface area contributed by atoms with Gasteiger partial charge in [-0.2, -0.15) is 0 Å². The molecule has 4 amide bonds. The molecule has 350 valence electrons. The number of carbonyl (C=O) groups is 4. The molecule has 0 unspecified atom stereocenters. The van der Waals surface area contributed by atoms with Crippen molar-refractivity contribution in [1.29, 1.82) is 0 Å². The van der Waals surface area contributed by atoms with Crippen LogP contribution in [0.15, 0.2) is 30.3 Å². The first-order chi connectivity index (χ1) is 29.9. The van der Waals surface area contributed by atoms with Gasteiger partial charge in [-0.25, -0.2) is 0 Å². The van der Waals surface area contributed by atoms with E-state index in [1.54, 1.807) is 14.2 Å². The lowest BCUT2D eigenvalue weighted by molar-refractivity contribution is -0.127. The van der Waals surface area contributed by atoms with Gasteiger partial charge in [-0.3, -0.25) is 19.2 Å². The van der Waals surface area contributed by atoms with E-state index < -0.39 is 10.8 Å². The molecule has 2 saturated carbocycles. The molecule has 0 bridgehead atoms. The molecule has 63 heavy (non-hydrogen) atoms. The van der Waals surface area contributed by atoms with Gasteiger partial charge in [0, 0.05) is 92.5 Å². The van der Waals surface area contributed by atoms with Crippen molar-refractivity contribution >= 4 is 46.6 Å². The quantitative estimate of drug-likeness (QED) is 0.156. The van der Waals surface area contributed by atoms with Gasteiger partial charge in [-0.15, -0.1) is 0 Å². The van der Waals surface area contributed by atoms with Crippen LogP contribution in [0.25, 0.3) is 0 Å². The topological polar surface area (TPSA) is 99.7 Å². The Hall–Kier alpha value is -3.47. The third-order valence-corrected chi connectivity index (χ3v) is 14.0. The normalized spacial score (nSPS) is 18.8. The lowest BCUT2D eigenvalue weighted by Crippen LogP contribution is -2.47. The summed E-state index contributed by atoms with van der Waals surface area (Å²) in [4.78, 5) is 61.7. The molecule has 2 fully saturated rings. The number of halogens is 1. The number of fused-ring (bicyclic) bond motifs is 2. The minimum absolute atomic E-state index is 0.0173. The fourth-order valence-electron chi connectivity index (χ4n) is 10.4. The third-order valence-electron chi connectivity index (χ3n) is 13.7. The number of anilines is 2. The van der Waals surface area contributed by atoms with Gasteiger partial charge in [0.1, 0.15) is 0 Å². The highest BCUT2D eigenvalue weighted by molar-refractivity contribution is 6.34.